The summed E-state index contributed by atoms with van der Waals surface area (Å²) in [5, 5.41) is 6.10. The summed E-state index contributed by atoms with van der Waals surface area (Å²) < 4.78 is 14.7. The molecule has 33 heavy (non-hydrogen) atoms. The molecular formula is C25H27ClFN3O2S. The fraction of sp³-hybridized carbons (Fsp3) is 0.280. The molecule has 5 nitrogen and oxygen atoms in total. The van der Waals surface area contributed by atoms with E-state index < -0.39 is 5.82 Å². The van der Waals surface area contributed by atoms with Gasteiger partial charge in [-0.25, -0.2) is 4.39 Å². The van der Waals surface area contributed by atoms with E-state index in [2.05, 4.69) is 0 Å². The molecule has 174 valence electrons. The van der Waals surface area contributed by atoms with E-state index in [1.54, 1.807) is 25.4 Å². The van der Waals surface area contributed by atoms with Crippen LogP contribution in [-0.4, -0.2) is 15.1 Å². The number of ketones is 1. The maximum atomic E-state index is 13.4. The van der Waals surface area contributed by atoms with Crippen LogP contribution in [0.3, 0.4) is 0 Å². The summed E-state index contributed by atoms with van der Waals surface area (Å²) in [5.41, 5.74) is 8.96. The van der Waals surface area contributed by atoms with Crippen LogP contribution >= 0.6 is 23.5 Å². The molecule has 0 unspecified atom stereocenters. The van der Waals surface area contributed by atoms with E-state index in [0.29, 0.717) is 34.4 Å². The molecule has 0 fully saturated rings. The number of nitrogens with zero attached hydrogens (tertiary/aromatic N) is 1. The quantitative estimate of drug-likeness (QED) is 0.259. The van der Waals surface area contributed by atoms with Crippen LogP contribution in [0.1, 0.15) is 54.6 Å². The highest BCUT2D eigenvalue weighted by atomic mass is 35.5. The van der Waals surface area contributed by atoms with Gasteiger partial charge in [0, 0.05) is 40.7 Å². The van der Waals surface area contributed by atoms with Crippen molar-refractivity contribution in [3.63, 3.8) is 0 Å². The summed E-state index contributed by atoms with van der Waals surface area (Å²) in [5.74, 6) is -0.792. The zero-order chi connectivity index (χ0) is 24.5. The number of carbonyl (C=O) groups excluding carboxylic acids is 1. The summed E-state index contributed by atoms with van der Waals surface area (Å²) in [6.45, 7) is 6.11. The highest BCUT2D eigenvalue weighted by molar-refractivity contribution is 7.98. The highest BCUT2D eigenvalue weighted by Crippen LogP contribution is 2.39. The minimum atomic E-state index is -0.434. The maximum absolute atomic E-state index is 13.4. The van der Waals surface area contributed by atoms with Crippen LogP contribution in [0.5, 0.6) is 0 Å². The van der Waals surface area contributed by atoms with Crippen LogP contribution < -0.4 is 16.4 Å². The van der Waals surface area contributed by atoms with Crippen LogP contribution in [-0.2, 0) is 7.05 Å². The Bertz CT molecular complexity index is 1260. The third kappa shape index (κ3) is 5.49. The van der Waals surface area contributed by atoms with Gasteiger partial charge in [0.2, 0.25) is 0 Å². The van der Waals surface area contributed by atoms with Gasteiger partial charge in [-0.1, -0.05) is 30.5 Å². The average Bonchev–Trinajstić information content (AvgIpc) is 2.76. The highest BCUT2D eigenvalue weighted by Gasteiger charge is 2.26. The number of benzene rings is 2. The largest absolute Gasteiger partial charge is 0.398 e. The number of anilines is 1. The zero-order valence-corrected chi connectivity index (χ0v) is 20.6. The van der Waals surface area contributed by atoms with E-state index in [1.165, 1.54) is 46.8 Å². The minimum absolute atomic E-state index is 0.0365. The van der Waals surface area contributed by atoms with Gasteiger partial charge in [-0.15, -0.1) is 0 Å². The molecule has 1 atom stereocenters. The van der Waals surface area contributed by atoms with E-state index >= 15 is 0 Å². The summed E-state index contributed by atoms with van der Waals surface area (Å²) in [6, 6.07) is 10.1. The number of rotatable bonds is 7. The standard InChI is InChI=1S/C25H27ClFN3O2S/c1-14(12-25(2,3)33-29)17-11-23(31)30(4)13-20(17)18-10-22(28)21(26)9-19(18)24(32)15-5-7-16(27)8-6-15/h5-11,13-14H,12,28-29H2,1-4H3/t14-/m0/s1. The first-order valence-corrected chi connectivity index (χ1v) is 11.7. The van der Waals surface area contributed by atoms with Crippen molar-refractivity contribution in [2.75, 3.05) is 5.73 Å². The Morgan fingerprint density at radius 3 is 2.42 bits per heavy atom. The van der Waals surface area contributed by atoms with Crippen LogP contribution in [0, 0.1) is 5.82 Å². The van der Waals surface area contributed by atoms with Crippen molar-refractivity contribution in [1.29, 1.82) is 0 Å². The average molecular weight is 488 g/mol. The van der Waals surface area contributed by atoms with Gasteiger partial charge in [0.25, 0.3) is 5.56 Å². The van der Waals surface area contributed by atoms with Crippen LogP contribution in [0.15, 0.2) is 53.5 Å². The molecule has 1 heterocycles. The maximum Gasteiger partial charge on any atom is 0.250 e. The lowest BCUT2D eigenvalue weighted by atomic mass is 9.85. The Morgan fingerprint density at radius 1 is 1.18 bits per heavy atom. The van der Waals surface area contributed by atoms with Gasteiger partial charge in [-0.05, 0) is 73.7 Å². The SMILES string of the molecule is C[C@@H](CC(C)(C)SN)c1cc(=O)n(C)cc1-c1cc(N)c(Cl)cc1C(=O)c1ccc(F)cc1. The van der Waals surface area contributed by atoms with E-state index in [0.717, 1.165) is 5.56 Å². The van der Waals surface area contributed by atoms with Crippen molar-refractivity contribution in [1.82, 2.24) is 4.57 Å². The van der Waals surface area contributed by atoms with Gasteiger partial charge in [0.05, 0.1) is 10.7 Å². The monoisotopic (exact) mass is 487 g/mol. The van der Waals surface area contributed by atoms with E-state index in [9.17, 15) is 14.0 Å². The third-order valence-electron chi connectivity index (χ3n) is 5.69. The molecule has 8 heteroatoms. The summed E-state index contributed by atoms with van der Waals surface area (Å²) in [7, 11) is 1.65. The molecule has 3 aromatic rings. The number of nitrogen functional groups attached to an aromatic ring is 1. The van der Waals surface area contributed by atoms with Gasteiger partial charge in [-0.3, -0.25) is 14.7 Å². The molecule has 0 spiro atoms. The third-order valence-corrected chi connectivity index (χ3v) is 6.82. The fourth-order valence-electron chi connectivity index (χ4n) is 3.93. The van der Waals surface area contributed by atoms with Crippen LogP contribution in [0.4, 0.5) is 10.1 Å². The molecule has 0 amide bonds. The molecule has 0 saturated carbocycles. The fourth-order valence-corrected chi connectivity index (χ4v) is 4.44. The van der Waals surface area contributed by atoms with Gasteiger partial charge in [-0.2, -0.15) is 0 Å². The lowest BCUT2D eigenvalue weighted by molar-refractivity contribution is 0.103. The van der Waals surface area contributed by atoms with Crippen molar-refractivity contribution >= 4 is 35.0 Å². The van der Waals surface area contributed by atoms with Crippen molar-refractivity contribution in [3.8, 4) is 11.1 Å². The zero-order valence-electron chi connectivity index (χ0n) is 19.0. The van der Waals surface area contributed by atoms with Crippen molar-refractivity contribution in [2.24, 2.45) is 12.2 Å². The van der Waals surface area contributed by atoms with Gasteiger partial charge < -0.3 is 10.3 Å². The number of hydrogen-bond donors (Lipinski definition) is 2. The van der Waals surface area contributed by atoms with Crippen molar-refractivity contribution in [3.05, 3.63) is 86.5 Å². The molecule has 0 aliphatic rings. The van der Waals surface area contributed by atoms with E-state index in [4.69, 9.17) is 22.5 Å². The topological polar surface area (TPSA) is 91.1 Å². The number of carbonyl (C=O) groups is 1. The van der Waals surface area contributed by atoms with Crippen LogP contribution in [0.2, 0.25) is 5.02 Å². The second-order valence-corrected chi connectivity index (χ2v) is 10.6. The van der Waals surface area contributed by atoms with E-state index in [-0.39, 0.29) is 27.0 Å². The smallest absolute Gasteiger partial charge is 0.250 e. The number of nitrogens with two attached hydrogens (primary N) is 2. The number of pyridine rings is 1. The first-order valence-electron chi connectivity index (χ1n) is 10.4. The Kier molecular flexibility index (Phi) is 7.36. The molecular weight excluding hydrogens is 461 g/mol. The van der Waals surface area contributed by atoms with Crippen molar-refractivity contribution in [2.45, 2.75) is 37.9 Å². The Hall–Kier alpha value is -2.61. The Balaban J connectivity index is 2.25. The Labute approximate surface area is 202 Å². The molecule has 0 bridgehead atoms. The van der Waals surface area contributed by atoms with Gasteiger partial charge in [0.1, 0.15) is 5.82 Å². The molecule has 2 aromatic carbocycles. The second-order valence-electron chi connectivity index (χ2n) is 8.83. The first-order chi connectivity index (χ1) is 15.4. The second kappa shape index (κ2) is 9.71. The number of aromatic nitrogens is 1. The Morgan fingerprint density at radius 2 is 1.82 bits per heavy atom. The molecule has 1 aromatic heterocycles. The molecule has 0 radical (unpaired) electrons. The number of aryl methyl sites for hydroxylation is 1. The van der Waals surface area contributed by atoms with E-state index in [1.807, 2.05) is 20.8 Å². The lowest BCUT2D eigenvalue weighted by Crippen LogP contribution is -2.23. The summed E-state index contributed by atoms with van der Waals surface area (Å²) >= 11 is 7.55. The summed E-state index contributed by atoms with van der Waals surface area (Å²) in [6.07, 6.45) is 2.42. The normalized spacial score (nSPS) is 12.6. The lowest BCUT2D eigenvalue weighted by Gasteiger charge is -2.27. The predicted molar refractivity (Wildman–Crippen MR) is 135 cm³/mol. The molecule has 4 N–H and O–H groups in total. The number of hydrogen-bond acceptors (Lipinski definition) is 5. The van der Waals surface area contributed by atoms with Crippen molar-refractivity contribution < 1.29 is 9.18 Å². The minimum Gasteiger partial charge on any atom is -0.398 e. The summed E-state index contributed by atoms with van der Waals surface area (Å²) in [4.78, 5) is 26.0. The van der Waals surface area contributed by atoms with Crippen LogP contribution in [0.25, 0.3) is 11.1 Å². The molecule has 0 aliphatic carbocycles. The molecule has 3 rings (SSSR count). The van der Waals surface area contributed by atoms with Gasteiger partial charge in [0.15, 0.2) is 5.78 Å². The number of halogens is 2. The predicted octanol–water partition coefficient (Wildman–Crippen LogP) is 5.54. The molecule has 0 aliphatic heterocycles. The first kappa shape index (κ1) is 25.0. The van der Waals surface area contributed by atoms with Gasteiger partial charge >= 0.3 is 0 Å². The molecule has 0 saturated heterocycles.